The number of nitrogens with two attached hydrogens (primary N) is 1. The fraction of sp³-hybridized carbons (Fsp3) is 0.600. The molecule has 0 aliphatic rings. The van der Waals surface area contributed by atoms with Gasteiger partial charge in [0.2, 0.25) is 0 Å². The third-order valence-corrected chi connectivity index (χ3v) is 3.54. The molecule has 0 saturated heterocycles. The van der Waals surface area contributed by atoms with Crippen molar-refractivity contribution in [1.29, 1.82) is 0 Å². The van der Waals surface area contributed by atoms with Gasteiger partial charge in [0.25, 0.3) is 0 Å². The van der Waals surface area contributed by atoms with Crippen LogP contribution in [0.4, 0.5) is 5.69 Å². The van der Waals surface area contributed by atoms with Crippen molar-refractivity contribution in [2.75, 3.05) is 25.0 Å². The molecule has 2 nitrogen and oxygen atoms in total. The van der Waals surface area contributed by atoms with Crippen LogP contribution < -0.4 is 10.6 Å². The Morgan fingerprint density at radius 1 is 1.18 bits per heavy atom. The highest BCUT2D eigenvalue weighted by molar-refractivity contribution is 5.46. The molecule has 0 bridgehead atoms. The topological polar surface area (TPSA) is 29.3 Å². The Hall–Kier alpha value is -1.02. The van der Waals surface area contributed by atoms with Crippen LogP contribution in [-0.4, -0.2) is 20.1 Å². The highest BCUT2D eigenvalue weighted by Crippen LogP contribution is 2.18. The van der Waals surface area contributed by atoms with E-state index in [2.05, 4.69) is 57.0 Å². The van der Waals surface area contributed by atoms with E-state index in [1.807, 2.05) is 0 Å². The van der Waals surface area contributed by atoms with Crippen LogP contribution in [0.1, 0.15) is 26.3 Å². The highest BCUT2D eigenvalue weighted by Gasteiger charge is 2.14. The van der Waals surface area contributed by atoms with Gasteiger partial charge in [0.15, 0.2) is 0 Å². The quantitative estimate of drug-likeness (QED) is 0.820. The molecular weight excluding hydrogens is 208 g/mol. The van der Waals surface area contributed by atoms with Crippen molar-refractivity contribution >= 4 is 5.69 Å². The molecule has 17 heavy (non-hydrogen) atoms. The van der Waals surface area contributed by atoms with Gasteiger partial charge < -0.3 is 10.6 Å². The molecule has 1 atom stereocenters. The molecule has 1 aromatic rings. The van der Waals surface area contributed by atoms with Crippen LogP contribution in [0.25, 0.3) is 0 Å². The lowest BCUT2D eigenvalue weighted by atomic mass is 9.95. The van der Waals surface area contributed by atoms with E-state index < -0.39 is 0 Å². The number of benzene rings is 1. The third kappa shape index (κ3) is 4.04. The summed E-state index contributed by atoms with van der Waals surface area (Å²) >= 11 is 0. The van der Waals surface area contributed by atoms with Crippen molar-refractivity contribution < 1.29 is 0 Å². The summed E-state index contributed by atoms with van der Waals surface area (Å²) in [6.07, 6.45) is 1.10. The van der Waals surface area contributed by atoms with Gasteiger partial charge in [0, 0.05) is 19.3 Å². The Bertz CT molecular complexity index is 316. The first-order valence-electron chi connectivity index (χ1n) is 6.58. The minimum absolute atomic E-state index is 0.561. The highest BCUT2D eigenvalue weighted by atomic mass is 15.1. The molecule has 1 rings (SSSR count). The summed E-state index contributed by atoms with van der Waals surface area (Å²) in [6.45, 7) is 8.45. The van der Waals surface area contributed by atoms with Gasteiger partial charge in [-0.05, 0) is 42.5 Å². The molecule has 0 radical (unpaired) electrons. The molecule has 0 aliphatic carbocycles. The fourth-order valence-electron chi connectivity index (χ4n) is 2.00. The molecule has 2 heteroatoms. The number of hydrogen-bond acceptors (Lipinski definition) is 2. The molecular formula is C15H26N2. The van der Waals surface area contributed by atoms with E-state index >= 15 is 0 Å². The summed E-state index contributed by atoms with van der Waals surface area (Å²) in [7, 11) is 2.14. The lowest BCUT2D eigenvalue weighted by Crippen LogP contribution is -2.33. The van der Waals surface area contributed by atoms with Gasteiger partial charge in [-0.3, -0.25) is 0 Å². The van der Waals surface area contributed by atoms with Gasteiger partial charge >= 0.3 is 0 Å². The lowest BCUT2D eigenvalue weighted by molar-refractivity contribution is 0.398. The van der Waals surface area contributed by atoms with Crippen LogP contribution in [0.3, 0.4) is 0 Å². The van der Waals surface area contributed by atoms with Gasteiger partial charge in [-0.2, -0.15) is 0 Å². The van der Waals surface area contributed by atoms with Crippen LogP contribution in [-0.2, 0) is 6.42 Å². The molecule has 0 aromatic heterocycles. The largest absolute Gasteiger partial charge is 0.374 e. The van der Waals surface area contributed by atoms with E-state index in [1.165, 1.54) is 11.3 Å². The van der Waals surface area contributed by atoms with Crippen LogP contribution in [0.5, 0.6) is 0 Å². The zero-order valence-corrected chi connectivity index (χ0v) is 11.6. The minimum Gasteiger partial charge on any atom is -0.374 e. The SMILES string of the molecule is CCc1ccc(N(C)CC(CN)C(C)C)cc1. The van der Waals surface area contributed by atoms with Crippen LogP contribution >= 0.6 is 0 Å². The van der Waals surface area contributed by atoms with Crippen LogP contribution in [0.2, 0.25) is 0 Å². The van der Waals surface area contributed by atoms with Crippen LogP contribution in [0, 0.1) is 11.8 Å². The van der Waals surface area contributed by atoms with E-state index in [0.717, 1.165) is 19.5 Å². The van der Waals surface area contributed by atoms with Crippen molar-refractivity contribution in [2.45, 2.75) is 27.2 Å². The first-order chi connectivity index (χ1) is 8.08. The van der Waals surface area contributed by atoms with E-state index in [-0.39, 0.29) is 0 Å². The lowest BCUT2D eigenvalue weighted by Gasteiger charge is -2.27. The van der Waals surface area contributed by atoms with E-state index in [9.17, 15) is 0 Å². The van der Waals surface area contributed by atoms with E-state index in [4.69, 9.17) is 5.73 Å². The third-order valence-electron chi connectivity index (χ3n) is 3.54. The number of aryl methyl sites for hydroxylation is 1. The Labute approximate surface area is 106 Å². The van der Waals surface area contributed by atoms with Gasteiger partial charge in [-0.25, -0.2) is 0 Å². The molecule has 1 aromatic carbocycles. The van der Waals surface area contributed by atoms with Crippen molar-refractivity contribution in [3.63, 3.8) is 0 Å². The summed E-state index contributed by atoms with van der Waals surface area (Å²) in [4.78, 5) is 2.30. The summed E-state index contributed by atoms with van der Waals surface area (Å²) in [5.74, 6) is 1.20. The zero-order valence-electron chi connectivity index (χ0n) is 11.6. The number of hydrogen-bond donors (Lipinski definition) is 1. The molecule has 0 saturated carbocycles. The summed E-state index contributed by atoms with van der Waals surface area (Å²) in [6, 6.07) is 8.82. The molecule has 0 fully saturated rings. The first-order valence-corrected chi connectivity index (χ1v) is 6.58. The maximum atomic E-state index is 5.82. The number of rotatable bonds is 6. The Balaban J connectivity index is 2.65. The van der Waals surface area contributed by atoms with Gasteiger partial charge in [0.05, 0.1) is 0 Å². The molecule has 1 unspecified atom stereocenters. The van der Waals surface area contributed by atoms with Gasteiger partial charge in [-0.1, -0.05) is 32.9 Å². The molecule has 96 valence electrons. The normalized spacial score (nSPS) is 12.8. The second-order valence-electron chi connectivity index (χ2n) is 5.14. The van der Waals surface area contributed by atoms with Crippen molar-refractivity contribution in [1.82, 2.24) is 0 Å². The molecule has 2 N–H and O–H groups in total. The summed E-state index contributed by atoms with van der Waals surface area (Å²) in [5.41, 5.74) is 8.49. The molecule has 0 amide bonds. The van der Waals surface area contributed by atoms with E-state index in [0.29, 0.717) is 11.8 Å². The Morgan fingerprint density at radius 2 is 1.76 bits per heavy atom. The summed E-state index contributed by atoms with van der Waals surface area (Å²) < 4.78 is 0. The van der Waals surface area contributed by atoms with Gasteiger partial charge in [0.1, 0.15) is 0 Å². The average molecular weight is 234 g/mol. The van der Waals surface area contributed by atoms with Crippen molar-refractivity contribution in [3.8, 4) is 0 Å². The van der Waals surface area contributed by atoms with Crippen molar-refractivity contribution in [3.05, 3.63) is 29.8 Å². The fourth-order valence-corrected chi connectivity index (χ4v) is 2.00. The second kappa shape index (κ2) is 6.65. The average Bonchev–Trinajstić information content (AvgIpc) is 2.35. The monoisotopic (exact) mass is 234 g/mol. The second-order valence-corrected chi connectivity index (χ2v) is 5.14. The van der Waals surface area contributed by atoms with Crippen LogP contribution in [0.15, 0.2) is 24.3 Å². The number of anilines is 1. The maximum Gasteiger partial charge on any atom is 0.0363 e. The van der Waals surface area contributed by atoms with Crippen molar-refractivity contribution in [2.24, 2.45) is 17.6 Å². The Morgan fingerprint density at radius 3 is 2.18 bits per heavy atom. The first kappa shape index (κ1) is 14.0. The minimum atomic E-state index is 0.561. The molecule has 0 spiro atoms. The standard InChI is InChI=1S/C15H26N2/c1-5-13-6-8-15(9-7-13)17(4)11-14(10-16)12(2)3/h6-9,12,14H,5,10-11,16H2,1-4H3. The zero-order chi connectivity index (χ0) is 12.8. The Kier molecular flexibility index (Phi) is 5.49. The van der Waals surface area contributed by atoms with Gasteiger partial charge in [-0.15, -0.1) is 0 Å². The maximum absolute atomic E-state index is 5.82. The predicted octanol–water partition coefficient (Wildman–Crippen LogP) is 2.92. The summed E-state index contributed by atoms with van der Waals surface area (Å²) in [5, 5.41) is 0. The number of nitrogens with zero attached hydrogens (tertiary/aromatic N) is 1. The molecule has 0 aliphatic heterocycles. The molecule has 0 heterocycles. The smallest absolute Gasteiger partial charge is 0.0363 e. The predicted molar refractivity (Wildman–Crippen MR) is 76.5 cm³/mol. The van der Waals surface area contributed by atoms with E-state index in [1.54, 1.807) is 0 Å².